The van der Waals surface area contributed by atoms with Crippen LogP contribution in [0.4, 0.5) is 0 Å². The third-order valence-corrected chi connectivity index (χ3v) is 3.75. The summed E-state index contributed by atoms with van der Waals surface area (Å²) in [4.78, 5) is 4.04. The minimum Gasteiger partial charge on any atom is -0.334 e. The van der Waals surface area contributed by atoms with E-state index in [1.165, 1.54) is 6.20 Å². The molecule has 0 atom stereocenters. The Kier molecular flexibility index (Phi) is 5.01. The van der Waals surface area contributed by atoms with Gasteiger partial charge in [0, 0.05) is 29.8 Å². The van der Waals surface area contributed by atoms with E-state index in [2.05, 4.69) is 18.8 Å². The van der Waals surface area contributed by atoms with Crippen LogP contribution in [0.25, 0.3) is 0 Å². The first-order valence-electron chi connectivity index (χ1n) is 5.85. The zero-order valence-corrected chi connectivity index (χ0v) is 12.1. The van der Waals surface area contributed by atoms with Gasteiger partial charge < -0.3 is 4.57 Å². The van der Waals surface area contributed by atoms with Gasteiger partial charge in [0.25, 0.3) is 9.05 Å². The average Bonchev–Trinajstić information content (AvgIpc) is 2.60. The molecule has 0 N–H and O–H groups in total. The summed E-state index contributed by atoms with van der Waals surface area (Å²) < 4.78 is 24.3. The van der Waals surface area contributed by atoms with Crippen LogP contribution in [0.5, 0.6) is 0 Å². The molecule has 1 aromatic rings. The Morgan fingerprint density at radius 2 is 2.12 bits per heavy atom. The first-order valence-corrected chi connectivity index (χ1v) is 8.16. The lowest BCUT2D eigenvalue weighted by molar-refractivity contribution is 0.504. The first kappa shape index (κ1) is 14.5. The second-order valence-electron chi connectivity index (χ2n) is 4.52. The molecule has 1 rings (SSSR count). The van der Waals surface area contributed by atoms with Crippen molar-refractivity contribution in [3.05, 3.63) is 12.0 Å². The van der Waals surface area contributed by atoms with Crippen LogP contribution in [0.15, 0.2) is 11.2 Å². The van der Waals surface area contributed by atoms with E-state index in [1.807, 2.05) is 11.5 Å². The Labute approximate surface area is 107 Å². The number of aryl methyl sites for hydroxylation is 2. The zero-order valence-electron chi connectivity index (χ0n) is 10.5. The molecule has 0 radical (unpaired) electrons. The molecule has 0 bridgehead atoms. The molecular weight excluding hydrogens is 260 g/mol. The quantitative estimate of drug-likeness (QED) is 0.752. The van der Waals surface area contributed by atoms with Gasteiger partial charge in [0.1, 0.15) is 5.82 Å². The van der Waals surface area contributed by atoms with Crippen LogP contribution in [0.3, 0.4) is 0 Å². The van der Waals surface area contributed by atoms with Crippen LogP contribution < -0.4 is 0 Å². The fraction of sp³-hybridized carbons (Fsp3) is 0.727. The molecule has 0 fully saturated rings. The van der Waals surface area contributed by atoms with E-state index in [1.54, 1.807) is 0 Å². The van der Waals surface area contributed by atoms with Gasteiger partial charge in [-0.2, -0.15) is 0 Å². The largest absolute Gasteiger partial charge is 0.334 e. The lowest BCUT2D eigenvalue weighted by Gasteiger charge is -2.07. The normalized spacial score (nSPS) is 12.3. The Hall–Kier alpha value is -0.550. The van der Waals surface area contributed by atoms with Gasteiger partial charge in [0.2, 0.25) is 0 Å². The van der Waals surface area contributed by atoms with Gasteiger partial charge in [0.05, 0.1) is 0 Å². The van der Waals surface area contributed by atoms with Gasteiger partial charge in [-0.25, -0.2) is 13.4 Å². The summed E-state index contributed by atoms with van der Waals surface area (Å²) in [6.07, 6.45) is 4.36. The Balaban J connectivity index is 2.81. The zero-order chi connectivity index (χ0) is 13.1. The highest BCUT2D eigenvalue weighted by molar-refractivity contribution is 8.13. The highest BCUT2D eigenvalue weighted by Gasteiger charge is 2.16. The van der Waals surface area contributed by atoms with Crippen molar-refractivity contribution in [1.82, 2.24) is 9.55 Å². The van der Waals surface area contributed by atoms with Crippen LogP contribution in [0.1, 0.15) is 39.4 Å². The van der Waals surface area contributed by atoms with Gasteiger partial charge >= 0.3 is 0 Å². The summed E-state index contributed by atoms with van der Waals surface area (Å²) in [5.74, 6) is 1.42. The van der Waals surface area contributed by atoms with Crippen molar-refractivity contribution in [3.63, 3.8) is 0 Å². The molecule has 0 spiro atoms. The van der Waals surface area contributed by atoms with E-state index >= 15 is 0 Å². The number of imidazole rings is 1. The molecule has 0 amide bonds. The second kappa shape index (κ2) is 5.87. The van der Waals surface area contributed by atoms with Crippen molar-refractivity contribution in [2.24, 2.45) is 5.92 Å². The predicted octanol–water partition coefficient (Wildman–Crippen LogP) is 2.81. The van der Waals surface area contributed by atoms with Crippen LogP contribution >= 0.6 is 10.7 Å². The molecule has 1 aromatic heterocycles. The van der Waals surface area contributed by atoms with Gasteiger partial charge in [0.15, 0.2) is 5.03 Å². The fourth-order valence-electron chi connectivity index (χ4n) is 1.69. The molecule has 0 saturated heterocycles. The molecule has 4 nitrogen and oxygen atoms in total. The topological polar surface area (TPSA) is 52.0 Å². The summed E-state index contributed by atoms with van der Waals surface area (Å²) in [7, 11) is 1.57. The molecule has 0 aliphatic heterocycles. The van der Waals surface area contributed by atoms with Crippen molar-refractivity contribution < 1.29 is 8.42 Å². The van der Waals surface area contributed by atoms with Crippen LogP contribution in [0, 0.1) is 5.92 Å². The summed E-state index contributed by atoms with van der Waals surface area (Å²) in [5, 5.41) is -0.0411. The van der Waals surface area contributed by atoms with E-state index < -0.39 is 9.05 Å². The van der Waals surface area contributed by atoms with E-state index in [0.29, 0.717) is 12.3 Å². The van der Waals surface area contributed by atoms with Crippen molar-refractivity contribution in [2.45, 2.75) is 51.6 Å². The molecule has 0 unspecified atom stereocenters. The first-order chi connectivity index (χ1) is 7.84. The van der Waals surface area contributed by atoms with Crippen molar-refractivity contribution in [1.29, 1.82) is 0 Å². The monoisotopic (exact) mass is 278 g/mol. The molecule has 0 aliphatic carbocycles. The number of aromatic nitrogens is 2. The third-order valence-electron chi connectivity index (χ3n) is 2.58. The molecular formula is C11H19ClN2O2S. The van der Waals surface area contributed by atoms with E-state index in [4.69, 9.17) is 10.7 Å². The maximum Gasteiger partial charge on any atom is 0.280 e. The number of rotatable bonds is 6. The molecule has 98 valence electrons. The van der Waals surface area contributed by atoms with E-state index in [9.17, 15) is 8.42 Å². The van der Waals surface area contributed by atoms with Crippen molar-refractivity contribution in [2.75, 3.05) is 0 Å². The smallest absolute Gasteiger partial charge is 0.280 e. The maximum absolute atomic E-state index is 11.2. The van der Waals surface area contributed by atoms with Crippen LogP contribution in [0.2, 0.25) is 0 Å². The predicted molar refractivity (Wildman–Crippen MR) is 68.7 cm³/mol. The minimum atomic E-state index is -3.72. The third kappa shape index (κ3) is 4.32. The van der Waals surface area contributed by atoms with E-state index in [-0.39, 0.29) is 5.03 Å². The molecule has 0 aliphatic rings. The number of nitrogens with zero attached hydrogens (tertiary/aromatic N) is 2. The van der Waals surface area contributed by atoms with Gasteiger partial charge in [-0.15, -0.1) is 0 Å². The van der Waals surface area contributed by atoms with E-state index in [0.717, 1.165) is 25.2 Å². The SMILES string of the molecule is CCc1nc(S(=O)(=O)Cl)cn1CCCC(C)C. The molecule has 0 aromatic carbocycles. The highest BCUT2D eigenvalue weighted by Crippen LogP contribution is 2.16. The standard InChI is InChI=1S/C11H19ClN2O2S/c1-4-10-13-11(17(12,15)16)8-14(10)7-5-6-9(2)3/h8-9H,4-7H2,1-3H3. The number of halogens is 1. The van der Waals surface area contributed by atoms with Gasteiger partial charge in [-0.1, -0.05) is 20.8 Å². The number of hydrogen-bond acceptors (Lipinski definition) is 3. The molecule has 17 heavy (non-hydrogen) atoms. The Morgan fingerprint density at radius 3 is 2.59 bits per heavy atom. The Bertz CT molecular complexity index is 466. The minimum absolute atomic E-state index is 0.0411. The van der Waals surface area contributed by atoms with Crippen molar-refractivity contribution in [3.8, 4) is 0 Å². The van der Waals surface area contributed by atoms with Gasteiger partial charge in [-0.05, 0) is 18.8 Å². The number of hydrogen-bond donors (Lipinski definition) is 0. The molecule has 6 heteroatoms. The van der Waals surface area contributed by atoms with Crippen molar-refractivity contribution >= 4 is 19.7 Å². The second-order valence-corrected chi connectivity index (χ2v) is 7.03. The summed E-state index contributed by atoms with van der Waals surface area (Å²) in [5.41, 5.74) is 0. The highest BCUT2D eigenvalue weighted by atomic mass is 35.7. The molecule has 0 saturated carbocycles. The lowest BCUT2D eigenvalue weighted by atomic mass is 10.1. The fourth-order valence-corrected chi connectivity index (χ4v) is 2.38. The molecule has 1 heterocycles. The summed E-state index contributed by atoms with van der Waals surface area (Å²) >= 11 is 0. The lowest BCUT2D eigenvalue weighted by Crippen LogP contribution is -2.03. The average molecular weight is 279 g/mol. The van der Waals surface area contributed by atoms with Crippen LogP contribution in [-0.2, 0) is 22.0 Å². The maximum atomic E-state index is 11.2. The van der Waals surface area contributed by atoms with Gasteiger partial charge in [-0.3, -0.25) is 0 Å². The Morgan fingerprint density at radius 1 is 1.47 bits per heavy atom. The summed E-state index contributed by atoms with van der Waals surface area (Å²) in [6.45, 7) is 7.08. The van der Waals surface area contributed by atoms with Crippen LogP contribution in [-0.4, -0.2) is 18.0 Å². The summed E-state index contributed by atoms with van der Waals surface area (Å²) in [6, 6.07) is 0.